The van der Waals surface area contributed by atoms with Gasteiger partial charge in [0.1, 0.15) is 12.4 Å². The number of carbonyl (C=O) groups excluding carboxylic acids is 3. The molecule has 0 aromatic heterocycles. The molecule has 0 heterocycles. The standard InChI is InChI=1S/C21H16ClFN2O4/c22-16-7-8-17(23)18(10-16)25-19(26)12-29-20(27)11-24-21(28)15-6-5-13-3-1-2-4-14(13)9-15/h1-10H,11-12H2,(H,24,28)(H,25,26). The van der Waals surface area contributed by atoms with Crippen LogP contribution in [0, 0.1) is 5.82 Å². The Labute approximate surface area is 170 Å². The van der Waals surface area contributed by atoms with Crippen molar-refractivity contribution in [3.63, 3.8) is 0 Å². The van der Waals surface area contributed by atoms with Crippen LogP contribution < -0.4 is 10.6 Å². The van der Waals surface area contributed by atoms with Crippen LogP contribution in [-0.2, 0) is 14.3 Å². The van der Waals surface area contributed by atoms with E-state index in [0.29, 0.717) is 5.56 Å². The molecule has 0 aliphatic heterocycles. The highest BCUT2D eigenvalue weighted by Gasteiger charge is 2.13. The summed E-state index contributed by atoms with van der Waals surface area (Å²) in [6.45, 7) is -1.04. The molecule has 0 aliphatic rings. The minimum atomic E-state index is -0.805. The predicted molar refractivity (Wildman–Crippen MR) is 107 cm³/mol. The van der Waals surface area contributed by atoms with Crippen LogP contribution in [-0.4, -0.2) is 30.9 Å². The molecular weight excluding hydrogens is 399 g/mol. The molecule has 3 rings (SSSR count). The van der Waals surface area contributed by atoms with E-state index >= 15 is 0 Å². The number of halogens is 2. The van der Waals surface area contributed by atoms with Gasteiger partial charge in [-0.05, 0) is 41.1 Å². The van der Waals surface area contributed by atoms with Gasteiger partial charge in [-0.1, -0.05) is 41.9 Å². The number of amides is 2. The SMILES string of the molecule is O=C(COC(=O)CNC(=O)c1ccc2ccccc2c1)Nc1cc(Cl)ccc1F. The smallest absolute Gasteiger partial charge is 0.325 e. The quantitative estimate of drug-likeness (QED) is 0.604. The molecule has 0 saturated heterocycles. The fourth-order valence-electron chi connectivity index (χ4n) is 2.56. The molecule has 3 aromatic carbocycles. The molecule has 0 atom stereocenters. The second-order valence-electron chi connectivity index (χ2n) is 6.08. The zero-order chi connectivity index (χ0) is 20.8. The van der Waals surface area contributed by atoms with Crippen molar-refractivity contribution in [2.45, 2.75) is 0 Å². The van der Waals surface area contributed by atoms with Gasteiger partial charge >= 0.3 is 5.97 Å². The molecule has 29 heavy (non-hydrogen) atoms. The van der Waals surface area contributed by atoms with Crippen molar-refractivity contribution in [1.29, 1.82) is 0 Å². The van der Waals surface area contributed by atoms with E-state index in [-0.39, 0.29) is 10.7 Å². The molecule has 6 nitrogen and oxygen atoms in total. The summed E-state index contributed by atoms with van der Waals surface area (Å²) >= 11 is 5.74. The monoisotopic (exact) mass is 414 g/mol. The van der Waals surface area contributed by atoms with Gasteiger partial charge in [-0.25, -0.2) is 4.39 Å². The average molecular weight is 415 g/mol. The lowest BCUT2D eigenvalue weighted by molar-refractivity contribution is -0.146. The normalized spacial score (nSPS) is 10.4. The Morgan fingerprint density at radius 1 is 0.966 bits per heavy atom. The summed E-state index contributed by atoms with van der Waals surface area (Å²) in [6, 6.07) is 16.4. The van der Waals surface area contributed by atoms with Crippen LogP contribution in [0.1, 0.15) is 10.4 Å². The fourth-order valence-corrected chi connectivity index (χ4v) is 2.73. The molecule has 0 saturated carbocycles. The maximum absolute atomic E-state index is 13.6. The number of hydrogen-bond donors (Lipinski definition) is 2. The average Bonchev–Trinajstić information content (AvgIpc) is 2.72. The minimum absolute atomic E-state index is 0.122. The Balaban J connectivity index is 1.47. The highest BCUT2D eigenvalue weighted by Crippen LogP contribution is 2.19. The molecule has 2 N–H and O–H groups in total. The van der Waals surface area contributed by atoms with Crippen molar-refractivity contribution >= 4 is 45.8 Å². The van der Waals surface area contributed by atoms with E-state index in [2.05, 4.69) is 10.6 Å². The van der Waals surface area contributed by atoms with Crippen LogP contribution in [0.2, 0.25) is 5.02 Å². The maximum Gasteiger partial charge on any atom is 0.325 e. The van der Waals surface area contributed by atoms with Gasteiger partial charge in [-0.15, -0.1) is 0 Å². The molecule has 0 fully saturated rings. The van der Waals surface area contributed by atoms with Gasteiger partial charge in [-0.3, -0.25) is 14.4 Å². The molecule has 0 bridgehead atoms. The zero-order valence-corrected chi connectivity index (χ0v) is 15.8. The first-order valence-electron chi connectivity index (χ1n) is 8.60. The molecule has 3 aromatic rings. The fraction of sp³-hybridized carbons (Fsp3) is 0.0952. The van der Waals surface area contributed by atoms with Crippen LogP contribution in [0.3, 0.4) is 0 Å². The number of hydrogen-bond acceptors (Lipinski definition) is 4. The number of ether oxygens (including phenoxy) is 1. The van der Waals surface area contributed by atoms with Crippen molar-refractivity contribution in [3.05, 3.63) is 77.1 Å². The number of nitrogens with one attached hydrogen (secondary N) is 2. The Morgan fingerprint density at radius 3 is 2.52 bits per heavy atom. The van der Waals surface area contributed by atoms with E-state index in [1.54, 1.807) is 12.1 Å². The first kappa shape index (κ1) is 20.3. The van der Waals surface area contributed by atoms with Crippen molar-refractivity contribution < 1.29 is 23.5 Å². The van der Waals surface area contributed by atoms with E-state index in [9.17, 15) is 18.8 Å². The largest absolute Gasteiger partial charge is 0.454 e. The van der Waals surface area contributed by atoms with Gasteiger partial charge in [0.05, 0.1) is 5.69 Å². The van der Waals surface area contributed by atoms with Crippen molar-refractivity contribution in [3.8, 4) is 0 Å². The third kappa shape index (κ3) is 5.52. The number of carbonyl (C=O) groups is 3. The van der Waals surface area contributed by atoms with Gasteiger partial charge in [-0.2, -0.15) is 0 Å². The Kier molecular flexibility index (Phi) is 6.41. The molecule has 148 valence electrons. The number of benzene rings is 3. The van der Waals surface area contributed by atoms with Crippen LogP contribution in [0.15, 0.2) is 60.7 Å². The second kappa shape index (κ2) is 9.16. The van der Waals surface area contributed by atoms with E-state index in [0.717, 1.165) is 16.8 Å². The van der Waals surface area contributed by atoms with E-state index in [1.165, 1.54) is 12.1 Å². The van der Waals surface area contributed by atoms with E-state index in [1.807, 2.05) is 30.3 Å². The van der Waals surface area contributed by atoms with Crippen molar-refractivity contribution in [2.24, 2.45) is 0 Å². The summed E-state index contributed by atoms with van der Waals surface area (Å²) in [6.07, 6.45) is 0. The third-order valence-corrected chi connectivity index (χ3v) is 4.21. The Hall–Kier alpha value is -3.45. The topological polar surface area (TPSA) is 84.5 Å². The molecule has 8 heteroatoms. The number of fused-ring (bicyclic) bond motifs is 1. The minimum Gasteiger partial charge on any atom is -0.454 e. The summed E-state index contributed by atoms with van der Waals surface area (Å²) in [7, 11) is 0. The van der Waals surface area contributed by atoms with E-state index < -0.39 is 36.8 Å². The summed E-state index contributed by atoms with van der Waals surface area (Å²) in [5.41, 5.74) is 0.272. The van der Waals surface area contributed by atoms with E-state index in [4.69, 9.17) is 16.3 Å². The summed E-state index contributed by atoms with van der Waals surface area (Å²) in [4.78, 5) is 35.7. The van der Waals surface area contributed by atoms with Gasteiger partial charge in [0.25, 0.3) is 11.8 Å². The summed E-state index contributed by atoms with van der Waals surface area (Å²) in [5, 5.41) is 6.81. The second-order valence-corrected chi connectivity index (χ2v) is 6.51. The van der Waals surface area contributed by atoms with Gasteiger partial charge in [0.2, 0.25) is 0 Å². The number of anilines is 1. The van der Waals surface area contributed by atoms with Gasteiger partial charge < -0.3 is 15.4 Å². The lowest BCUT2D eigenvalue weighted by atomic mass is 10.1. The molecule has 0 spiro atoms. The highest BCUT2D eigenvalue weighted by molar-refractivity contribution is 6.30. The molecule has 0 radical (unpaired) electrons. The number of rotatable bonds is 6. The van der Waals surface area contributed by atoms with Crippen LogP contribution in [0.4, 0.5) is 10.1 Å². The van der Waals surface area contributed by atoms with Crippen LogP contribution in [0.5, 0.6) is 0 Å². The van der Waals surface area contributed by atoms with Crippen LogP contribution in [0.25, 0.3) is 10.8 Å². The maximum atomic E-state index is 13.6. The zero-order valence-electron chi connectivity index (χ0n) is 15.1. The van der Waals surface area contributed by atoms with Gasteiger partial charge in [0, 0.05) is 10.6 Å². The number of esters is 1. The van der Waals surface area contributed by atoms with Crippen molar-refractivity contribution in [1.82, 2.24) is 5.32 Å². The molecule has 2 amide bonds. The highest BCUT2D eigenvalue weighted by atomic mass is 35.5. The molecule has 0 unspecified atom stereocenters. The summed E-state index contributed by atoms with van der Waals surface area (Å²) < 4.78 is 18.4. The molecule has 0 aliphatic carbocycles. The Bertz CT molecular complexity index is 1090. The lowest BCUT2D eigenvalue weighted by Crippen LogP contribution is -2.32. The lowest BCUT2D eigenvalue weighted by Gasteiger charge is -2.09. The molecular formula is C21H16ClFN2O4. The Morgan fingerprint density at radius 2 is 1.72 bits per heavy atom. The predicted octanol–water partition coefficient (Wildman–Crippen LogP) is 3.54. The first-order chi connectivity index (χ1) is 13.9. The van der Waals surface area contributed by atoms with Gasteiger partial charge in [0.15, 0.2) is 6.61 Å². The van der Waals surface area contributed by atoms with Crippen molar-refractivity contribution in [2.75, 3.05) is 18.5 Å². The third-order valence-electron chi connectivity index (χ3n) is 3.97. The van der Waals surface area contributed by atoms with Crippen LogP contribution >= 0.6 is 11.6 Å². The first-order valence-corrected chi connectivity index (χ1v) is 8.98. The summed E-state index contributed by atoms with van der Waals surface area (Å²) in [5.74, 6) is -2.66.